The molecule has 1 aliphatic rings. The number of aromatic hydroxyl groups is 2. The minimum absolute atomic E-state index is 0.0893. The summed E-state index contributed by atoms with van der Waals surface area (Å²) in [5.74, 6) is -0.483. The van der Waals surface area contributed by atoms with Gasteiger partial charge < -0.3 is 10.2 Å². The number of fused-ring (bicyclic) bond motifs is 3. The molecule has 2 nitrogen and oxygen atoms in total. The summed E-state index contributed by atoms with van der Waals surface area (Å²) in [6.07, 6.45) is 10.0. The van der Waals surface area contributed by atoms with E-state index in [2.05, 4.69) is 80.6 Å². The van der Waals surface area contributed by atoms with Crippen LogP contribution in [0, 0.1) is 17.7 Å². The van der Waals surface area contributed by atoms with Gasteiger partial charge in [-0.3, -0.25) is 6.08 Å². The first kappa shape index (κ1) is 30.7. The zero-order valence-electron chi connectivity index (χ0n) is 21.4. The van der Waals surface area contributed by atoms with Crippen LogP contribution in [-0.2, 0) is 24.2 Å². The summed E-state index contributed by atoms with van der Waals surface area (Å²) in [6, 6.07) is 29.3. The molecule has 0 spiro atoms. The van der Waals surface area contributed by atoms with Crippen LogP contribution in [0.4, 0.5) is 8.78 Å². The van der Waals surface area contributed by atoms with Gasteiger partial charge >= 0.3 is 41.3 Å². The number of allylic oxidation sites excluding steroid dienone is 4. The van der Waals surface area contributed by atoms with E-state index in [1.54, 1.807) is 24.2 Å². The zero-order valence-corrected chi connectivity index (χ0v) is 23.9. The Labute approximate surface area is 237 Å². The van der Waals surface area contributed by atoms with Crippen molar-refractivity contribution in [3.05, 3.63) is 139 Å². The van der Waals surface area contributed by atoms with E-state index in [1.807, 2.05) is 12.2 Å². The number of halogens is 2. The summed E-state index contributed by atoms with van der Waals surface area (Å²) < 4.78 is 25.5. The minimum atomic E-state index is -0.331. The van der Waals surface area contributed by atoms with E-state index in [1.165, 1.54) is 73.3 Å². The molecule has 5 heteroatoms. The summed E-state index contributed by atoms with van der Waals surface area (Å²) in [7, 11) is 0. The summed E-state index contributed by atoms with van der Waals surface area (Å²) >= 11 is 1.55. The Balaban J connectivity index is 0.000000179. The summed E-state index contributed by atoms with van der Waals surface area (Å²) in [5.41, 5.74) is 0. The van der Waals surface area contributed by atoms with Crippen molar-refractivity contribution in [3.8, 4) is 11.5 Å². The van der Waals surface area contributed by atoms with E-state index in [4.69, 9.17) is 10.2 Å². The van der Waals surface area contributed by atoms with Crippen LogP contribution >= 0.6 is 0 Å². The van der Waals surface area contributed by atoms with Gasteiger partial charge in [-0.2, -0.15) is 6.08 Å². The fourth-order valence-corrected chi connectivity index (χ4v) is 3.13. The molecule has 192 valence electrons. The predicted octanol–water partition coefficient (Wildman–Crippen LogP) is 8.83. The quantitative estimate of drug-likeness (QED) is 0.178. The Morgan fingerprint density at radius 3 is 1.39 bits per heavy atom. The number of hydrogen-bond donors (Lipinski definition) is 2. The fraction of sp³-hybridized carbons (Fsp3) is 0.0909. The Morgan fingerprint density at radius 1 is 0.711 bits per heavy atom. The van der Waals surface area contributed by atoms with Crippen molar-refractivity contribution in [1.82, 2.24) is 0 Å². The standard InChI is InChI=1S/C13H9.2C6H5FO.C5H5.C3H6.Zr/c1-3-7-12-10(5-1)9-11-6-2-4-8-13(11)12;2*7-5-1-3-6(8)4-2-5;1-2-4-5-3-1;1-3-2;/h1-9H;2*1-4,8H;1-3H,4H2;1-2H3;/q-1;;;-1;;+2. The molecule has 0 saturated heterocycles. The first-order valence-corrected chi connectivity index (χ1v) is 13.1. The molecule has 0 aliphatic heterocycles. The second-order valence-corrected chi connectivity index (χ2v) is 10.7. The molecular formula is C33H30F2O2Zr. The molecule has 0 heterocycles. The van der Waals surface area contributed by atoms with E-state index < -0.39 is 0 Å². The summed E-state index contributed by atoms with van der Waals surface area (Å²) in [5, 5.41) is 22.6. The van der Waals surface area contributed by atoms with E-state index in [0.717, 1.165) is 6.42 Å². The van der Waals surface area contributed by atoms with Crippen molar-refractivity contribution >= 4 is 24.8 Å². The molecule has 0 amide bonds. The van der Waals surface area contributed by atoms with E-state index >= 15 is 0 Å². The Bertz CT molecular complexity index is 1300. The molecular weight excluding hydrogens is 558 g/mol. The minimum Gasteiger partial charge on any atom is -0.508 e. The van der Waals surface area contributed by atoms with Gasteiger partial charge in [0.1, 0.15) is 23.1 Å². The predicted molar refractivity (Wildman–Crippen MR) is 151 cm³/mol. The monoisotopic (exact) mass is 586 g/mol. The molecule has 0 radical (unpaired) electrons. The number of phenols is 2. The van der Waals surface area contributed by atoms with Gasteiger partial charge in [-0.15, -0.1) is 46.2 Å². The molecule has 38 heavy (non-hydrogen) atoms. The second-order valence-electron chi connectivity index (χ2n) is 8.27. The van der Waals surface area contributed by atoms with Gasteiger partial charge in [-0.25, -0.2) is 20.9 Å². The molecule has 1 aliphatic carbocycles. The third-order valence-corrected chi connectivity index (χ3v) is 4.76. The third-order valence-electron chi connectivity index (χ3n) is 4.76. The molecule has 6 rings (SSSR count). The molecule has 0 unspecified atom stereocenters. The third kappa shape index (κ3) is 12.1. The molecule has 0 fully saturated rings. The van der Waals surface area contributed by atoms with Crippen molar-refractivity contribution in [2.45, 2.75) is 20.3 Å². The van der Waals surface area contributed by atoms with Gasteiger partial charge in [0.05, 0.1) is 0 Å². The maximum atomic E-state index is 12.0. The van der Waals surface area contributed by atoms with E-state index in [9.17, 15) is 8.78 Å². The van der Waals surface area contributed by atoms with Gasteiger partial charge in [0.25, 0.3) is 0 Å². The first-order valence-electron chi connectivity index (χ1n) is 11.9. The number of phenolic OH excluding ortho intramolecular Hbond substituents is 2. The van der Waals surface area contributed by atoms with Crippen molar-refractivity contribution in [2.75, 3.05) is 0 Å². The maximum Gasteiger partial charge on any atom is 0.123 e. The van der Waals surface area contributed by atoms with Crippen molar-refractivity contribution < 1.29 is 43.2 Å². The van der Waals surface area contributed by atoms with Crippen molar-refractivity contribution in [2.24, 2.45) is 0 Å². The second kappa shape index (κ2) is 17.0. The smallest absolute Gasteiger partial charge is 0.123 e. The number of benzene rings is 4. The zero-order chi connectivity index (χ0) is 27.8. The van der Waals surface area contributed by atoms with Crippen LogP contribution in [0.2, 0.25) is 0 Å². The molecule has 5 aromatic carbocycles. The van der Waals surface area contributed by atoms with Crippen LogP contribution in [0.3, 0.4) is 0 Å². The summed E-state index contributed by atoms with van der Waals surface area (Å²) in [6.45, 7) is 4.25. The Morgan fingerprint density at radius 2 is 1.11 bits per heavy atom. The maximum absolute atomic E-state index is 12.0. The van der Waals surface area contributed by atoms with Crippen LogP contribution in [0.1, 0.15) is 20.3 Å². The van der Waals surface area contributed by atoms with Gasteiger partial charge in [-0.1, -0.05) is 36.4 Å². The molecule has 0 atom stereocenters. The number of rotatable bonds is 0. The van der Waals surface area contributed by atoms with Gasteiger partial charge in [0.2, 0.25) is 0 Å². The number of hydrogen-bond acceptors (Lipinski definition) is 2. The molecule has 0 saturated carbocycles. The Hall–Kier alpha value is -3.56. The Kier molecular flexibility index (Phi) is 13.8. The normalized spacial score (nSPS) is 10.7. The molecule has 0 aromatic heterocycles. The SMILES string of the molecule is C[C](C)=[Zr+2].Oc1ccc(F)cc1.Oc1ccc(F)cc1.[C-]1=CC=CC1.c1ccc2c(c1)[cH-]c1ccccc12. The van der Waals surface area contributed by atoms with Crippen molar-refractivity contribution in [3.63, 3.8) is 0 Å². The van der Waals surface area contributed by atoms with Crippen molar-refractivity contribution in [1.29, 1.82) is 0 Å². The van der Waals surface area contributed by atoms with Gasteiger partial charge in [0.15, 0.2) is 0 Å². The topological polar surface area (TPSA) is 40.5 Å². The van der Waals surface area contributed by atoms with Crippen LogP contribution in [0.15, 0.2) is 121 Å². The van der Waals surface area contributed by atoms with Crippen LogP contribution < -0.4 is 0 Å². The molecule has 2 N–H and O–H groups in total. The largest absolute Gasteiger partial charge is 0.508 e. The summed E-state index contributed by atoms with van der Waals surface area (Å²) in [4.78, 5) is 0. The van der Waals surface area contributed by atoms with Crippen LogP contribution in [0.25, 0.3) is 21.5 Å². The van der Waals surface area contributed by atoms with Crippen LogP contribution in [0.5, 0.6) is 11.5 Å². The van der Waals surface area contributed by atoms with E-state index in [0.29, 0.717) is 0 Å². The average molecular weight is 588 g/mol. The van der Waals surface area contributed by atoms with E-state index in [-0.39, 0.29) is 23.1 Å². The molecule has 5 aromatic rings. The van der Waals surface area contributed by atoms with Gasteiger partial charge in [0, 0.05) is 0 Å². The first-order chi connectivity index (χ1) is 18.3. The van der Waals surface area contributed by atoms with Gasteiger partial charge in [-0.05, 0) is 48.5 Å². The average Bonchev–Trinajstić information content (AvgIpc) is 3.60. The fourth-order valence-electron chi connectivity index (χ4n) is 3.13. The van der Waals surface area contributed by atoms with Crippen LogP contribution in [-0.4, -0.2) is 13.4 Å². The molecule has 0 bridgehead atoms.